The molecule has 0 aliphatic rings. The van der Waals surface area contributed by atoms with Gasteiger partial charge in [0.1, 0.15) is 0 Å². The molecule has 0 radical (unpaired) electrons. The van der Waals surface area contributed by atoms with Gasteiger partial charge in [-0.15, -0.1) is 11.3 Å². The van der Waals surface area contributed by atoms with Crippen molar-refractivity contribution in [3.8, 4) is 10.6 Å². The van der Waals surface area contributed by atoms with Crippen LogP contribution in [0.3, 0.4) is 0 Å². The maximum absolute atomic E-state index is 8.93. The van der Waals surface area contributed by atoms with E-state index >= 15 is 0 Å². The Morgan fingerprint density at radius 3 is 2.95 bits per heavy atom. The van der Waals surface area contributed by atoms with Crippen LogP contribution in [0.5, 0.6) is 0 Å². The van der Waals surface area contributed by atoms with Crippen LogP contribution in [0.25, 0.3) is 10.6 Å². The van der Waals surface area contributed by atoms with E-state index in [2.05, 4.69) is 23.9 Å². The molecule has 104 valence electrons. The van der Waals surface area contributed by atoms with Gasteiger partial charge in [0.15, 0.2) is 5.76 Å². The van der Waals surface area contributed by atoms with Gasteiger partial charge >= 0.3 is 0 Å². The molecule has 19 heavy (non-hydrogen) atoms. The summed E-state index contributed by atoms with van der Waals surface area (Å²) in [6.45, 7) is 6.15. The van der Waals surface area contributed by atoms with Gasteiger partial charge in [0.25, 0.3) is 0 Å². The molecule has 0 saturated carbocycles. The number of aromatic nitrogens is 1. The average molecular weight is 280 g/mol. The van der Waals surface area contributed by atoms with Gasteiger partial charge in [-0.25, -0.2) is 0 Å². The van der Waals surface area contributed by atoms with E-state index < -0.39 is 0 Å². The lowest BCUT2D eigenvalue weighted by Gasteiger charge is -2.24. The fraction of sp³-hybridized carbons (Fsp3) is 0.500. The normalized spacial score (nSPS) is 11.6. The Bertz CT molecular complexity index is 479. The van der Waals surface area contributed by atoms with E-state index in [1.165, 1.54) is 0 Å². The second-order valence-corrected chi connectivity index (χ2v) is 5.75. The van der Waals surface area contributed by atoms with Crippen molar-refractivity contribution in [1.29, 1.82) is 0 Å². The summed E-state index contributed by atoms with van der Waals surface area (Å²) in [4.78, 5) is 3.39. The van der Waals surface area contributed by atoms with E-state index in [1.54, 1.807) is 11.3 Å². The van der Waals surface area contributed by atoms with E-state index in [1.807, 2.05) is 23.6 Å². The molecule has 1 N–H and O–H groups in total. The van der Waals surface area contributed by atoms with Crippen LogP contribution in [0.1, 0.15) is 26.0 Å². The third-order valence-corrected chi connectivity index (χ3v) is 3.91. The number of aliphatic hydroxyl groups excluding tert-OH is 1. The number of hydrogen-bond acceptors (Lipinski definition) is 5. The minimum Gasteiger partial charge on any atom is -0.396 e. The summed E-state index contributed by atoms with van der Waals surface area (Å²) in [5, 5.41) is 15.1. The highest BCUT2D eigenvalue weighted by atomic mass is 32.1. The Kier molecular flexibility index (Phi) is 5.13. The molecule has 0 spiro atoms. The Morgan fingerprint density at radius 2 is 2.32 bits per heavy atom. The molecule has 0 saturated heterocycles. The predicted octanol–water partition coefficient (Wildman–Crippen LogP) is 3.00. The van der Waals surface area contributed by atoms with Crippen LogP contribution in [0.4, 0.5) is 0 Å². The molecular formula is C14H20N2O2S. The van der Waals surface area contributed by atoms with Crippen LogP contribution < -0.4 is 0 Å². The van der Waals surface area contributed by atoms with Crippen LogP contribution in [0.2, 0.25) is 0 Å². The van der Waals surface area contributed by atoms with Crippen molar-refractivity contribution >= 4 is 11.3 Å². The standard InChI is InChI=1S/C14H20N2O2S/c1-11(2)16(6-4-7-17)10-12-9-13(18-15-12)14-5-3-8-19-14/h3,5,8-9,11,17H,4,6-7,10H2,1-2H3. The molecule has 0 amide bonds. The van der Waals surface area contributed by atoms with Crippen LogP contribution in [-0.4, -0.2) is 34.4 Å². The predicted molar refractivity (Wildman–Crippen MR) is 77.1 cm³/mol. The van der Waals surface area contributed by atoms with Crippen LogP contribution in [0.15, 0.2) is 28.1 Å². The van der Waals surface area contributed by atoms with E-state index in [-0.39, 0.29) is 6.61 Å². The number of thiophene rings is 1. The topological polar surface area (TPSA) is 49.5 Å². The highest BCUT2D eigenvalue weighted by Gasteiger charge is 2.14. The molecule has 0 bridgehead atoms. The zero-order valence-corrected chi connectivity index (χ0v) is 12.2. The van der Waals surface area contributed by atoms with Crippen molar-refractivity contribution < 1.29 is 9.63 Å². The molecule has 2 aromatic rings. The first-order chi connectivity index (χ1) is 9.20. The Morgan fingerprint density at radius 1 is 1.47 bits per heavy atom. The lowest BCUT2D eigenvalue weighted by atomic mass is 10.2. The SMILES string of the molecule is CC(C)N(CCCO)Cc1cc(-c2cccs2)on1. The number of aliphatic hydroxyl groups is 1. The summed E-state index contributed by atoms with van der Waals surface area (Å²) in [7, 11) is 0. The van der Waals surface area contributed by atoms with Crippen LogP contribution >= 0.6 is 11.3 Å². The molecule has 2 rings (SSSR count). The first kappa shape index (κ1) is 14.2. The van der Waals surface area contributed by atoms with E-state index in [0.29, 0.717) is 6.04 Å². The van der Waals surface area contributed by atoms with E-state index in [4.69, 9.17) is 9.63 Å². The van der Waals surface area contributed by atoms with Crippen molar-refractivity contribution in [2.45, 2.75) is 32.9 Å². The van der Waals surface area contributed by atoms with Gasteiger partial charge in [-0.05, 0) is 31.7 Å². The number of hydrogen-bond donors (Lipinski definition) is 1. The van der Waals surface area contributed by atoms with Crippen molar-refractivity contribution in [1.82, 2.24) is 10.1 Å². The first-order valence-corrected chi connectivity index (χ1v) is 7.43. The molecule has 2 heterocycles. The molecule has 5 heteroatoms. The summed E-state index contributed by atoms with van der Waals surface area (Å²) in [6, 6.07) is 6.46. The third kappa shape index (κ3) is 3.89. The van der Waals surface area contributed by atoms with Crippen molar-refractivity contribution in [3.05, 3.63) is 29.3 Å². The van der Waals surface area contributed by atoms with Gasteiger partial charge in [0.2, 0.25) is 0 Å². The van der Waals surface area contributed by atoms with Crippen LogP contribution in [-0.2, 0) is 6.54 Å². The summed E-state index contributed by atoms with van der Waals surface area (Å²) in [5.41, 5.74) is 0.940. The highest BCUT2D eigenvalue weighted by Crippen LogP contribution is 2.25. The zero-order chi connectivity index (χ0) is 13.7. The Labute approximate surface area is 117 Å². The van der Waals surface area contributed by atoms with Crippen LogP contribution in [0, 0.1) is 0 Å². The largest absolute Gasteiger partial charge is 0.396 e. The fourth-order valence-corrected chi connectivity index (χ4v) is 2.60. The summed E-state index contributed by atoms with van der Waals surface area (Å²) in [6.07, 6.45) is 0.786. The average Bonchev–Trinajstić information content (AvgIpc) is 3.04. The summed E-state index contributed by atoms with van der Waals surface area (Å²) >= 11 is 1.65. The molecule has 0 unspecified atom stereocenters. The molecule has 0 atom stereocenters. The molecule has 0 fully saturated rings. The smallest absolute Gasteiger partial charge is 0.177 e. The highest BCUT2D eigenvalue weighted by molar-refractivity contribution is 7.13. The fourth-order valence-electron chi connectivity index (χ4n) is 1.92. The zero-order valence-electron chi connectivity index (χ0n) is 11.4. The molecule has 4 nitrogen and oxygen atoms in total. The molecule has 2 aromatic heterocycles. The minimum absolute atomic E-state index is 0.225. The Hall–Kier alpha value is -1.17. The first-order valence-electron chi connectivity index (χ1n) is 6.55. The second kappa shape index (κ2) is 6.84. The minimum atomic E-state index is 0.225. The lowest BCUT2D eigenvalue weighted by Crippen LogP contribution is -2.31. The monoisotopic (exact) mass is 280 g/mol. The molecule has 0 aromatic carbocycles. The summed E-state index contributed by atoms with van der Waals surface area (Å²) < 4.78 is 5.38. The van der Waals surface area contributed by atoms with Crippen molar-refractivity contribution in [3.63, 3.8) is 0 Å². The van der Waals surface area contributed by atoms with Gasteiger partial charge in [-0.1, -0.05) is 11.2 Å². The quantitative estimate of drug-likeness (QED) is 0.847. The summed E-state index contributed by atoms with van der Waals surface area (Å²) in [5.74, 6) is 0.830. The van der Waals surface area contributed by atoms with Crippen molar-refractivity contribution in [2.24, 2.45) is 0 Å². The van der Waals surface area contributed by atoms with Gasteiger partial charge in [0.05, 0.1) is 10.6 Å². The van der Waals surface area contributed by atoms with Gasteiger partial charge in [-0.2, -0.15) is 0 Å². The molecule has 0 aliphatic carbocycles. The van der Waals surface area contributed by atoms with Gasteiger partial charge in [0, 0.05) is 31.8 Å². The van der Waals surface area contributed by atoms with Crippen molar-refractivity contribution in [2.75, 3.05) is 13.2 Å². The van der Waals surface area contributed by atoms with Gasteiger partial charge in [-0.3, -0.25) is 4.90 Å². The second-order valence-electron chi connectivity index (χ2n) is 4.80. The number of rotatable bonds is 7. The maximum atomic E-state index is 8.93. The Balaban J connectivity index is 2.01. The molecule has 0 aliphatic heterocycles. The lowest BCUT2D eigenvalue weighted by molar-refractivity contribution is 0.181. The maximum Gasteiger partial charge on any atom is 0.177 e. The number of nitrogens with zero attached hydrogens (tertiary/aromatic N) is 2. The van der Waals surface area contributed by atoms with E-state index in [0.717, 1.165) is 35.8 Å². The van der Waals surface area contributed by atoms with E-state index in [9.17, 15) is 0 Å². The van der Waals surface area contributed by atoms with Gasteiger partial charge < -0.3 is 9.63 Å². The molecular weight excluding hydrogens is 260 g/mol. The third-order valence-electron chi connectivity index (χ3n) is 3.02.